The van der Waals surface area contributed by atoms with Gasteiger partial charge in [-0.3, -0.25) is 4.79 Å². The summed E-state index contributed by atoms with van der Waals surface area (Å²) in [5, 5.41) is 3.33. The van der Waals surface area contributed by atoms with Crippen molar-refractivity contribution < 1.29 is 13.6 Å². The van der Waals surface area contributed by atoms with Crippen molar-refractivity contribution in [3.63, 3.8) is 0 Å². The Bertz CT molecular complexity index is 975. The van der Waals surface area contributed by atoms with Crippen molar-refractivity contribution in [2.24, 2.45) is 5.92 Å². The second kappa shape index (κ2) is 6.32. The Kier molecular flexibility index (Phi) is 3.98. The number of likely N-dealkylation sites (tertiary alicyclic amines) is 1. The number of benzene rings is 1. The standard InChI is InChI=1S/C17H16F2N6O/c1-9-5-25(17(26)10-2-3-11(18)12(19)4-10)6-13(9)24-16-14-15(21-7-20-14)22-8-23-16/h2-4,7-9,13H,5-6H2,1H3,(H2,20,21,22,23,24)/t9-,13-/m1/s1. The minimum Gasteiger partial charge on any atom is -0.363 e. The summed E-state index contributed by atoms with van der Waals surface area (Å²) < 4.78 is 26.5. The van der Waals surface area contributed by atoms with Gasteiger partial charge >= 0.3 is 0 Å². The summed E-state index contributed by atoms with van der Waals surface area (Å²) in [6, 6.07) is 3.16. The number of hydrogen-bond acceptors (Lipinski definition) is 5. The van der Waals surface area contributed by atoms with Crippen LogP contribution in [-0.2, 0) is 0 Å². The maximum atomic E-state index is 13.4. The Morgan fingerprint density at radius 1 is 1.23 bits per heavy atom. The fourth-order valence-corrected chi connectivity index (χ4v) is 3.18. The fourth-order valence-electron chi connectivity index (χ4n) is 3.18. The molecule has 9 heteroatoms. The quantitative estimate of drug-likeness (QED) is 0.750. The molecular weight excluding hydrogens is 342 g/mol. The summed E-state index contributed by atoms with van der Waals surface area (Å²) in [4.78, 5) is 29.6. The zero-order chi connectivity index (χ0) is 18.3. The molecule has 0 unspecified atom stereocenters. The molecule has 7 nitrogen and oxygen atoms in total. The smallest absolute Gasteiger partial charge is 0.254 e. The monoisotopic (exact) mass is 358 g/mol. The van der Waals surface area contributed by atoms with E-state index in [2.05, 4.69) is 25.3 Å². The van der Waals surface area contributed by atoms with Gasteiger partial charge in [-0.05, 0) is 24.1 Å². The number of anilines is 1. The van der Waals surface area contributed by atoms with E-state index in [0.717, 1.165) is 12.1 Å². The van der Waals surface area contributed by atoms with Gasteiger partial charge in [0, 0.05) is 24.7 Å². The van der Waals surface area contributed by atoms with Crippen LogP contribution >= 0.6 is 0 Å². The minimum atomic E-state index is -1.03. The van der Waals surface area contributed by atoms with Crippen molar-refractivity contribution in [1.29, 1.82) is 0 Å². The van der Waals surface area contributed by atoms with Gasteiger partial charge in [0.1, 0.15) is 11.8 Å². The lowest BCUT2D eigenvalue weighted by Crippen LogP contribution is -2.32. The molecule has 1 aliphatic rings. The second-order valence-electron chi connectivity index (χ2n) is 6.39. The lowest BCUT2D eigenvalue weighted by Gasteiger charge is -2.18. The molecule has 4 rings (SSSR count). The summed E-state index contributed by atoms with van der Waals surface area (Å²) in [7, 11) is 0. The molecular formula is C17H16F2N6O. The van der Waals surface area contributed by atoms with Crippen molar-refractivity contribution in [1.82, 2.24) is 24.8 Å². The average Bonchev–Trinajstić information content (AvgIpc) is 3.24. The zero-order valence-corrected chi connectivity index (χ0v) is 13.9. The Morgan fingerprint density at radius 2 is 2.08 bits per heavy atom. The predicted molar refractivity (Wildman–Crippen MR) is 90.5 cm³/mol. The van der Waals surface area contributed by atoms with E-state index in [4.69, 9.17) is 0 Å². The molecule has 0 bridgehead atoms. The molecule has 0 radical (unpaired) electrons. The van der Waals surface area contributed by atoms with Gasteiger partial charge in [0.25, 0.3) is 5.91 Å². The molecule has 1 aromatic carbocycles. The third kappa shape index (κ3) is 2.85. The topological polar surface area (TPSA) is 86.8 Å². The van der Waals surface area contributed by atoms with E-state index in [1.54, 1.807) is 11.2 Å². The van der Waals surface area contributed by atoms with Gasteiger partial charge in [0.15, 0.2) is 23.1 Å². The maximum absolute atomic E-state index is 13.4. The predicted octanol–water partition coefficient (Wildman–Crippen LogP) is 2.20. The number of amides is 1. The molecule has 1 aliphatic heterocycles. The number of aromatic nitrogens is 4. The Hall–Kier alpha value is -3.10. The number of aromatic amines is 1. The van der Waals surface area contributed by atoms with Gasteiger partial charge in [0.2, 0.25) is 0 Å². The zero-order valence-electron chi connectivity index (χ0n) is 13.9. The van der Waals surface area contributed by atoms with Crippen LogP contribution in [0.15, 0.2) is 30.9 Å². The normalized spacial score (nSPS) is 19.9. The summed E-state index contributed by atoms with van der Waals surface area (Å²) in [5.41, 5.74) is 1.39. The number of hydrogen-bond donors (Lipinski definition) is 2. The number of rotatable bonds is 3. The first-order chi connectivity index (χ1) is 12.5. The van der Waals surface area contributed by atoms with E-state index in [0.29, 0.717) is 30.1 Å². The van der Waals surface area contributed by atoms with Gasteiger partial charge < -0.3 is 15.2 Å². The lowest BCUT2D eigenvalue weighted by atomic mass is 10.1. The summed E-state index contributed by atoms with van der Waals surface area (Å²) in [6.45, 7) is 2.95. The van der Waals surface area contributed by atoms with E-state index < -0.39 is 11.6 Å². The van der Waals surface area contributed by atoms with Crippen LogP contribution in [0.25, 0.3) is 11.2 Å². The van der Waals surface area contributed by atoms with E-state index in [1.807, 2.05) is 6.92 Å². The van der Waals surface area contributed by atoms with E-state index >= 15 is 0 Å². The molecule has 134 valence electrons. The van der Waals surface area contributed by atoms with Crippen molar-refractivity contribution >= 4 is 22.9 Å². The first-order valence-electron chi connectivity index (χ1n) is 8.18. The molecule has 2 aromatic heterocycles. The summed E-state index contributed by atoms with van der Waals surface area (Å²) in [5.74, 6) is -1.55. The van der Waals surface area contributed by atoms with E-state index in [9.17, 15) is 13.6 Å². The lowest BCUT2D eigenvalue weighted by molar-refractivity contribution is 0.0786. The van der Waals surface area contributed by atoms with Crippen LogP contribution in [0.4, 0.5) is 14.6 Å². The van der Waals surface area contributed by atoms with Crippen molar-refractivity contribution in [2.75, 3.05) is 18.4 Å². The molecule has 1 saturated heterocycles. The van der Waals surface area contributed by atoms with Crippen LogP contribution in [0.1, 0.15) is 17.3 Å². The van der Waals surface area contributed by atoms with Crippen LogP contribution in [-0.4, -0.2) is 49.9 Å². The first kappa shape index (κ1) is 16.4. The number of nitrogens with one attached hydrogen (secondary N) is 2. The average molecular weight is 358 g/mol. The molecule has 3 aromatic rings. The van der Waals surface area contributed by atoms with Gasteiger partial charge in [-0.2, -0.15) is 0 Å². The van der Waals surface area contributed by atoms with Gasteiger partial charge in [-0.15, -0.1) is 0 Å². The molecule has 2 atom stereocenters. The number of carbonyl (C=O) groups excluding carboxylic acids is 1. The SMILES string of the molecule is C[C@@H]1CN(C(=O)c2ccc(F)c(F)c2)C[C@H]1Nc1ncnc2nc[nH]c12. The second-order valence-corrected chi connectivity index (χ2v) is 6.39. The maximum Gasteiger partial charge on any atom is 0.254 e. The van der Waals surface area contributed by atoms with Crippen molar-refractivity contribution in [2.45, 2.75) is 13.0 Å². The highest BCUT2D eigenvalue weighted by Crippen LogP contribution is 2.24. The highest BCUT2D eigenvalue weighted by atomic mass is 19.2. The highest BCUT2D eigenvalue weighted by molar-refractivity contribution is 5.94. The van der Waals surface area contributed by atoms with Crippen LogP contribution in [0.3, 0.4) is 0 Å². The third-order valence-electron chi connectivity index (χ3n) is 4.61. The summed E-state index contributed by atoms with van der Waals surface area (Å²) in [6.07, 6.45) is 2.97. The fraction of sp³-hybridized carbons (Fsp3) is 0.294. The third-order valence-corrected chi connectivity index (χ3v) is 4.61. The Morgan fingerprint density at radius 3 is 2.88 bits per heavy atom. The molecule has 0 saturated carbocycles. The van der Waals surface area contributed by atoms with Crippen LogP contribution < -0.4 is 5.32 Å². The highest BCUT2D eigenvalue weighted by Gasteiger charge is 2.33. The Labute approximate surface area is 147 Å². The van der Waals surface area contributed by atoms with Crippen molar-refractivity contribution in [3.8, 4) is 0 Å². The van der Waals surface area contributed by atoms with Gasteiger partial charge in [0.05, 0.1) is 6.33 Å². The number of carbonyl (C=O) groups is 1. The molecule has 2 N–H and O–H groups in total. The van der Waals surface area contributed by atoms with Crippen molar-refractivity contribution in [3.05, 3.63) is 48.1 Å². The number of imidazole rings is 1. The molecule has 3 heterocycles. The Balaban J connectivity index is 1.51. The van der Waals surface area contributed by atoms with Crippen LogP contribution in [0, 0.1) is 17.6 Å². The van der Waals surface area contributed by atoms with Crippen LogP contribution in [0.5, 0.6) is 0 Å². The van der Waals surface area contributed by atoms with Gasteiger partial charge in [-0.1, -0.05) is 6.92 Å². The minimum absolute atomic E-state index is 0.0364. The molecule has 0 aliphatic carbocycles. The summed E-state index contributed by atoms with van der Waals surface area (Å²) >= 11 is 0. The molecule has 1 amide bonds. The van der Waals surface area contributed by atoms with Gasteiger partial charge in [-0.25, -0.2) is 23.7 Å². The number of halogens is 2. The molecule has 0 spiro atoms. The number of fused-ring (bicyclic) bond motifs is 1. The number of H-pyrrole nitrogens is 1. The largest absolute Gasteiger partial charge is 0.363 e. The van der Waals surface area contributed by atoms with Crippen LogP contribution in [0.2, 0.25) is 0 Å². The molecule has 1 fully saturated rings. The first-order valence-corrected chi connectivity index (χ1v) is 8.18. The van der Waals surface area contributed by atoms with E-state index in [-0.39, 0.29) is 23.4 Å². The van der Waals surface area contributed by atoms with E-state index in [1.165, 1.54) is 12.4 Å². The number of nitrogens with zero attached hydrogens (tertiary/aromatic N) is 4. The molecule has 26 heavy (non-hydrogen) atoms.